The molecule has 0 bridgehead atoms. The maximum absolute atomic E-state index is 12.0. The summed E-state index contributed by atoms with van der Waals surface area (Å²) in [7, 11) is 3.06. The molecule has 172 valence electrons. The summed E-state index contributed by atoms with van der Waals surface area (Å²) in [5.41, 5.74) is 1.01. The van der Waals surface area contributed by atoms with E-state index < -0.39 is 0 Å². The summed E-state index contributed by atoms with van der Waals surface area (Å²) in [4.78, 5) is 20.2. The van der Waals surface area contributed by atoms with E-state index in [2.05, 4.69) is 15.0 Å². The summed E-state index contributed by atoms with van der Waals surface area (Å²) in [5.74, 6) is 1.52. The number of nitrogens with zero attached hydrogens (tertiary/aromatic N) is 4. The second-order valence-electron chi connectivity index (χ2n) is 7.91. The van der Waals surface area contributed by atoms with Gasteiger partial charge in [-0.25, -0.2) is 0 Å². The second kappa shape index (κ2) is 8.87. The van der Waals surface area contributed by atoms with Crippen LogP contribution in [-0.2, 0) is 9.53 Å². The molecule has 5 rings (SSSR count). The lowest BCUT2D eigenvalue weighted by atomic mass is 9.93. The maximum Gasteiger partial charge on any atom is 0.308 e. The number of carbonyl (C=O) groups excluding carboxylic acids is 1. The molecule has 1 aliphatic rings. The SMILES string of the molecule is COC(=O)C1CCN(C(c2ccc(OC)cc2)c2sc3nc(-c4ccco4)nn3c2O)CC1. The molecule has 1 fully saturated rings. The summed E-state index contributed by atoms with van der Waals surface area (Å²) >= 11 is 1.39. The molecule has 4 heterocycles. The molecule has 0 radical (unpaired) electrons. The van der Waals surface area contributed by atoms with Crippen LogP contribution in [0, 0.1) is 5.92 Å². The van der Waals surface area contributed by atoms with Gasteiger partial charge in [0, 0.05) is 0 Å². The van der Waals surface area contributed by atoms with Crippen molar-refractivity contribution < 1.29 is 23.8 Å². The number of methoxy groups -OCH3 is 2. The Labute approximate surface area is 194 Å². The molecule has 1 unspecified atom stereocenters. The van der Waals surface area contributed by atoms with Gasteiger partial charge >= 0.3 is 5.97 Å². The maximum atomic E-state index is 12.0. The first kappa shape index (κ1) is 21.5. The fraction of sp³-hybridized carbons (Fsp3) is 0.348. The molecule has 3 aromatic heterocycles. The highest BCUT2D eigenvalue weighted by Gasteiger charge is 2.34. The van der Waals surface area contributed by atoms with Crippen molar-refractivity contribution in [1.29, 1.82) is 0 Å². The number of benzene rings is 1. The highest BCUT2D eigenvalue weighted by Crippen LogP contribution is 2.42. The Hall–Kier alpha value is -3.37. The van der Waals surface area contributed by atoms with Gasteiger partial charge in [-0.1, -0.05) is 23.5 Å². The molecule has 1 atom stereocenters. The molecule has 9 nitrogen and oxygen atoms in total. The fourth-order valence-corrected chi connectivity index (χ4v) is 5.43. The monoisotopic (exact) mass is 468 g/mol. The number of thiazole rings is 1. The summed E-state index contributed by atoms with van der Waals surface area (Å²) in [6, 6.07) is 11.2. The number of hydrogen-bond donors (Lipinski definition) is 1. The van der Waals surface area contributed by atoms with Gasteiger partial charge < -0.3 is 19.0 Å². The van der Waals surface area contributed by atoms with Crippen molar-refractivity contribution in [1.82, 2.24) is 19.5 Å². The van der Waals surface area contributed by atoms with Crippen LogP contribution in [0.1, 0.15) is 29.3 Å². The van der Waals surface area contributed by atoms with Crippen LogP contribution in [0.15, 0.2) is 47.1 Å². The Bertz CT molecular complexity index is 1240. The Morgan fingerprint density at radius 1 is 1.21 bits per heavy atom. The van der Waals surface area contributed by atoms with Crippen molar-refractivity contribution in [2.45, 2.75) is 18.9 Å². The third-order valence-corrected chi connectivity index (χ3v) is 7.12. The first-order valence-corrected chi connectivity index (χ1v) is 11.5. The molecule has 1 N–H and O–H groups in total. The van der Waals surface area contributed by atoms with E-state index >= 15 is 0 Å². The third-order valence-electron chi connectivity index (χ3n) is 6.05. The predicted octanol–water partition coefficient (Wildman–Crippen LogP) is 3.74. The van der Waals surface area contributed by atoms with Gasteiger partial charge in [0.25, 0.3) is 0 Å². The van der Waals surface area contributed by atoms with E-state index in [-0.39, 0.29) is 23.8 Å². The van der Waals surface area contributed by atoms with Crippen LogP contribution >= 0.6 is 11.3 Å². The topological polar surface area (TPSA) is 102 Å². The van der Waals surface area contributed by atoms with Gasteiger partial charge in [-0.3, -0.25) is 9.69 Å². The minimum absolute atomic E-state index is 0.0521. The second-order valence-corrected chi connectivity index (χ2v) is 8.92. The van der Waals surface area contributed by atoms with Crippen molar-refractivity contribution in [2.75, 3.05) is 27.3 Å². The zero-order valence-electron chi connectivity index (χ0n) is 18.3. The first-order valence-electron chi connectivity index (χ1n) is 10.7. The number of aromatic hydroxyl groups is 1. The van der Waals surface area contributed by atoms with Crippen LogP contribution in [0.25, 0.3) is 16.5 Å². The average Bonchev–Trinajstić information content (AvgIpc) is 3.59. The van der Waals surface area contributed by atoms with E-state index in [4.69, 9.17) is 13.9 Å². The molecule has 33 heavy (non-hydrogen) atoms. The summed E-state index contributed by atoms with van der Waals surface area (Å²) in [6.07, 6.45) is 2.96. The summed E-state index contributed by atoms with van der Waals surface area (Å²) in [5, 5.41) is 15.6. The number of piperidine rings is 1. The fourth-order valence-electron chi connectivity index (χ4n) is 4.31. The highest BCUT2D eigenvalue weighted by atomic mass is 32.1. The van der Waals surface area contributed by atoms with E-state index in [0.717, 1.165) is 16.2 Å². The molecule has 10 heteroatoms. The van der Waals surface area contributed by atoms with Crippen molar-refractivity contribution in [3.8, 4) is 23.2 Å². The van der Waals surface area contributed by atoms with Gasteiger partial charge in [0.05, 0.1) is 37.3 Å². The Morgan fingerprint density at radius 2 is 1.97 bits per heavy atom. The molecule has 1 aliphatic heterocycles. The number of carbonyl (C=O) groups is 1. The standard InChI is InChI=1S/C23H24N4O5S/c1-30-16-7-5-14(6-8-16)18(26-11-9-15(10-12-26)22(29)31-2)19-21(28)27-23(33-19)24-20(25-27)17-4-3-13-32-17/h3-8,13,15,18,28H,9-12H2,1-2H3. The molecular weight excluding hydrogens is 444 g/mol. The van der Waals surface area contributed by atoms with Crippen LogP contribution in [0.3, 0.4) is 0 Å². The molecule has 0 saturated carbocycles. The zero-order valence-corrected chi connectivity index (χ0v) is 19.1. The summed E-state index contributed by atoms with van der Waals surface area (Å²) in [6.45, 7) is 1.39. The lowest BCUT2D eigenvalue weighted by Crippen LogP contribution is -2.39. The van der Waals surface area contributed by atoms with Gasteiger partial charge in [0.2, 0.25) is 16.7 Å². The van der Waals surface area contributed by atoms with Crippen LogP contribution in [-0.4, -0.2) is 57.9 Å². The number of fused-ring (bicyclic) bond motifs is 1. The van der Waals surface area contributed by atoms with E-state index in [0.29, 0.717) is 42.5 Å². The first-order chi connectivity index (χ1) is 16.1. The van der Waals surface area contributed by atoms with Crippen LogP contribution in [0.2, 0.25) is 0 Å². The normalized spacial score (nSPS) is 16.2. The van der Waals surface area contributed by atoms with Gasteiger partial charge in [-0.05, 0) is 55.8 Å². The minimum atomic E-state index is -0.213. The number of rotatable bonds is 6. The number of likely N-dealkylation sites (tertiary alicyclic amines) is 1. The average molecular weight is 469 g/mol. The lowest BCUT2D eigenvalue weighted by molar-refractivity contribution is -0.147. The third kappa shape index (κ3) is 3.96. The number of hydrogen-bond acceptors (Lipinski definition) is 9. The van der Waals surface area contributed by atoms with Crippen molar-refractivity contribution >= 4 is 22.3 Å². The van der Waals surface area contributed by atoms with E-state index in [1.54, 1.807) is 25.5 Å². The molecule has 1 aromatic carbocycles. The van der Waals surface area contributed by atoms with Gasteiger partial charge in [0.1, 0.15) is 5.75 Å². The van der Waals surface area contributed by atoms with Crippen molar-refractivity contribution in [3.63, 3.8) is 0 Å². The minimum Gasteiger partial charge on any atom is -0.497 e. The van der Waals surface area contributed by atoms with Gasteiger partial charge in [-0.15, -0.1) is 5.10 Å². The molecule has 1 saturated heterocycles. The predicted molar refractivity (Wildman–Crippen MR) is 121 cm³/mol. The van der Waals surface area contributed by atoms with E-state index in [1.165, 1.54) is 23.0 Å². The van der Waals surface area contributed by atoms with Crippen molar-refractivity contribution in [2.24, 2.45) is 5.92 Å². The van der Waals surface area contributed by atoms with Gasteiger partial charge in [0.15, 0.2) is 5.76 Å². The molecule has 0 amide bonds. The zero-order chi connectivity index (χ0) is 22.9. The quantitative estimate of drug-likeness (QED) is 0.427. The van der Waals surface area contributed by atoms with E-state index in [9.17, 15) is 9.90 Å². The highest BCUT2D eigenvalue weighted by molar-refractivity contribution is 7.17. The van der Waals surface area contributed by atoms with Gasteiger partial charge in [-0.2, -0.15) is 9.50 Å². The Balaban J connectivity index is 1.51. The number of aromatic nitrogens is 3. The van der Waals surface area contributed by atoms with Crippen LogP contribution in [0.4, 0.5) is 0 Å². The smallest absolute Gasteiger partial charge is 0.308 e. The Kier molecular flexibility index (Phi) is 5.77. The number of furan rings is 1. The molecule has 0 aliphatic carbocycles. The number of ether oxygens (including phenoxy) is 2. The number of esters is 1. The summed E-state index contributed by atoms with van der Waals surface area (Å²) < 4.78 is 17.1. The molecular formula is C23H24N4O5S. The largest absolute Gasteiger partial charge is 0.497 e. The molecule has 4 aromatic rings. The Morgan fingerprint density at radius 3 is 2.58 bits per heavy atom. The van der Waals surface area contributed by atoms with Crippen LogP contribution in [0.5, 0.6) is 11.6 Å². The molecule has 0 spiro atoms. The van der Waals surface area contributed by atoms with Crippen molar-refractivity contribution in [3.05, 3.63) is 53.1 Å². The van der Waals surface area contributed by atoms with E-state index in [1.807, 2.05) is 24.3 Å². The lowest BCUT2D eigenvalue weighted by Gasteiger charge is -2.36. The van der Waals surface area contributed by atoms with Crippen LogP contribution < -0.4 is 4.74 Å².